The number of rotatable bonds is 4. The van der Waals surface area contributed by atoms with E-state index in [1.54, 1.807) is 12.5 Å². The van der Waals surface area contributed by atoms with Gasteiger partial charge in [0.1, 0.15) is 0 Å². The van der Waals surface area contributed by atoms with E-state index in [2.05, 4.69) is 88.0 Å². The van der Waals surface area contributed by atoms with E-state index in [1.165, 1.54) is 0 Å². The molecule has 0 saturated carbocycles. The molecular formula is C16H14Br4O. The molecule has 2 aliphatic carbocycles. The van der Waals surface area contributed by atoms with Crippen molar-refractivity contribution in [1.82, 2.24) is 0 Å². The molecule has 0 saturated heterocycles. The van der Waals surface area contributed by atoms with Crippen molar-refractivity contribution in [1.29, 1.82) is 0 Å². The van der Waals surface area contributed by atoms with Crippen LogP contribution in [0.5, 0.6) is 0 Å². The number of allylic oxidation sites excluding steroid dienone is 10. The van der Waals surface area contributed by atoms with E-state index in [-0.39, 0.29) is 8.65 Å². The molecule has 2 aliphatic rings. The van der Waals surface area contributed by atoms with Crippen LogP contribution in [0.25, 0.3) is 0 Å². The summed E-state index contributed by atoms with van der Waals surface area (Å²) in [5.74, 6) is 0. The maximum Gasteiger partial charge on any atom is 0.0878 e. The van der Waals surface area contributed by atoms with Gasteiger partial charge in [0.2, 0.25) is 0 Å². The highest BCUT2D eigenvalue weighted by Gasteiger charge is 2.22. The fraction of sp³-hybridized carbons (Fsp3) is 0.250. The minimum atomic E-state index is -0.164. The molecule has 0 spiro atoms. The van der Waals surface area contributed by atoms with Gasteiger partial charge in [-0.1, -0.05) is 100 Å². The average molecular weight is 542 g/mol. The molecular weight excluding hydrogens is 528 g/mol. The van der Waals surface area contributed by atoms with Gasteiger partial charge in [0.05, 0.1) is 21.2 Å². The third-order valence-corrected chi connectivity index (χ3v) is 5.99. The maximum atomic E-state index is 5.47. The Balaban J connectivity index is 1.85. The maximum absolute atomic E-state index is 5.47. The molecule has 2 atom stereocenters. The van der Waals surface area contributed by atoms with Crippen LogP contribution < -0.4 is 0 Å². The van der Waals surface area contributed by atoms with Crippen molar-refractivity contribution in [3.63, 3.8) is 0 Å². The van der Waals surface area contributed by atoms with Crippen LogP contribution >= 0.6 is 63.7 Å². The topological polar surface area (TPSA) is 9.23 Å². The van der Waals surface area contributed by atoms with E-state index in [0.717, 1.165) is 21.8 Å². The molecule has 112 valence electrons. The fourth-order valence-corrected chi connectivity index (χ4v) is 3.21. The van der Waals surface area contributed by atoms with Gasteiger partial charge in [-0.3, -0.25) is 0 Å². The lowest BCUT2D eigenvalue weighted by Crippen LogP contribution is -2.15. The zero-order valence-electron chi connectivity index (χ0n) is 11.1. The molecule has 2 rings (SSSR count). The molecule has 5 heteroatoms. The molecule has 0 heterocycles. The lowest BCUT2D eigenvalue weighted by molar-refractivity contribution is 0.397. The summed E-state index contributed by atoms with van der Waals surface area (Å²) in [7, 11) is 0. The van der Waals surface area contributed by atoms with Crippen LogP contribution in [-0.4, -0.2) is 8.65 Å². The average Bonchev–Trinajstić information content (AvgIpc) is 2.46. The van der Waals surface area contributed by atoms with E-state index >= 15 is 0 Å². The summed E-state index contributed by atoms with van der Waals surface area (Å²) >= 11 is 14.3. The van der Waals surface area contributed by atoms with Gasteiger partial charge in [-0.05, 0) is 25.0 Å². The molecule has 2 unspecified atom stereocenters. The Morgan fingerprint density at radius 1 is 0.857 bits per heavy atom. The van der Waals surface area contributed by atoms with Crippen molar-refractivity contribution in [2.24, 2.45) is 0 Å². The smallest absolute Gasteiger partial charge is 0.0878 e. The second-order valence-corrected chi connectivity index (χ2v) is 9.63. The van der Waals surface area contributed by atoms with Gasteiger partial charge in [0.15, 0.2) is 0 Å². The first-order chi connectivity index (χ1) is 9.91. The lowest BCUT2D eigenvalue weighted by Gasteiger charge is -2.21. The summed E-state index contributed by atoms with van der Waals surface area (Å²) in [6, 6.07) is 0. The first-order valence-electron chi connectivity index (χ1n) is 6.39. The zero-order chi connectivity index (χ0) is 15.3. The molecule has 0 fully saturated rings. The lowest BCUT2D eigenvalue weighted by atomic mass is 10.0. The van der Waals surface area contributed by atoms with Crippen LogP contribution in [0.3, 0.4) is 0 Å². The van der Waals surface area contributed by atoms with Crippen molar-refractivity contribution in [3.05, 3.63) is 70.1 Å². The van der Waals surface area contributed by atoms with Crippen LogP contribution in [0, 0.1) is 0 Å². The van der Waals surface area contributed by atoms with Gasteiger partial charge in [-0.2, -0.15) is 0 Å². The van der Waals surface area contributed by atoms with Crippen molar-refractivity contribution >= 4 is 63.7 Å². The Bertz CT molecular complexity index is 521. The number of alkyl halides is 2. The van der Waals surface area contributed by atoms with E-state index in [9.17, 15) is 0 Å². The largest absolute Gasteiger partial charge is 0.473 e. The third-order valence-electron chi connectivity index (χ3n) is 3.11. The third kappa shape index (κ3) is 5.70. The van der Waals surface area contributed by atoms with Gasteiger partial charge >= 0.3 is 0 Å². The number of ether oxygens (including phenoxy) is 1. The second kappa shape index (κ2) is 7.62. The Kier molecular flexibility index (Phi) is 6.36. The van der Waals surface area contributed by atoms with Crippen molar-refractivity contribution in [2.75, 3.05) is 0 Å². The zero-order valence-corrected chi connectivity index (χ0v) is 17.5. The van der Waals surface area contributed by atoms with Gasteiger partial charge in [0, 0.05) is 8.96 Å². The number of hydrogen-bond acceptors (Lipinski definition) is 1. The molecule has 0 aromatic rings. The molecule has 0 amide bonds. The molecule has 0 aliphatic heterocycles. The van der Waals surface area contributed by atoms with Gasteiger partial charge in [0.25, 0.3) is 0 Å². The number of hydrogen-bond donors (Lipinski definition) is 0. The number of halogens is 4. The van der Waals surface area contributed by atoms with Crippen LogP contribution in [-0.2, 0) is 4.74 Å². The summed E-state index contributed by atoms with van der Waals surface area (Å²) in [5.41, 5.74) is 0. The molecule has 0 radical (unpaired) electrons. The molecule has 0 aromatic heterocycles. The Morgan fingerprint density at radius 2 is 1.29 bits per heavy atom. The van der Waals surface area contributed by atoms with Gasteiger partial charge in [-0.25, -0.2) is 0 Å². The molecule has 0 N–H and O–H groups in total. The van der Waals surface area contributed by atoms with E-state index in [0.29, 0.717) is 0 Å². The van der Waals surface area contributed by atoms with Gasteiger partial charge in [-0.15, -0.1) is 0 Å². The highest BCUT2D eigenvalue weighted by atomic mass is 79.9. The van der Waals surface area contributed by atoms with Crippen LogP contribution in [0.15, 0.2) is 70.1 Å². The standard InChI is InChI=1S/C16H14Br4O/c17-13-1-5-15(19,6-2-13)9-11-21-12-10-16(20)7-3-14(18)4-8-16/h1-5,7,9-12H,6,8H2. The minimum absolute atomic E-state index is 0.164. The van der Waals surface area contributed by atoms with Crippen molar-refractivity contribution < 1.29 is 4.74 Å². The second-order valence-electron chi connectivity index (χ2n) is 4.85. The fourth-order valence-electron chi connectivity index (χ4n) is 1.81. The van der Waals surface area contributed by atoms with Crippen LogP contribution in [0.2, 0.25) is 0 Å². The molecule has 0 aromatic carbocycles. The predicted octanol–water partition coefficient (Wildman–Crippen LogP) is 6.78. The first-order valence-corrected chi connectivity index (χ1v) is 9.57. The highest BCUT2D eigenvalue weighted by Crippen LogP contribution is 2.34. The molecule has 1 nitrogen and oxygen atoms in total. The summed E-state index contributed by atoms with van der Waals surface area (Å²) in [6.45, 7) is 0. The Hall–Kier alpha value is 0.160. The normalized spacial score (nSPS) is 32.6. The summed E-state index contributed by atoms with van der Waals surface area (Å²) < 4.78 is 7.36. The molecule has 21 heavy (non-hydrogen) atoms. The van der Waals surface area contributed by atoms with E-state index in [1.807, 2.05) is 24.3 Å². The van der Waals surface area contributed by atoms with E-state index < -0.39 is 0 Å². The predicted molar refractivity (Wildman–Crippen MR) is 104 cm³/mol. The van der Waals surface area contributed by atoms with Crippen LogP contribution in [0.4, 0.5) is 0 Å². The Labute approximate surface area is 159 Å². The van der Waals surface area contributed by atoms with Crippen molar-refractivity contribution in [3.8, 4) is 0 Å². The summed E-state index contributed by atoms with van der Waals surface area (Å²) in [5, 5.41) is 0. The van der Waals surface area contributed by atoms with Gasteiger partial charge < -0.3 is 4.74 Å². The van der Waals surface area contributed by atoms with E-state index in [4.69, 9.17) is 4.74 Å². The first kappa shape index (κ1) is 17.5. The highest BCUT2D eigenvalue weighted by molar-refractivity contribution is 9.12. The van der Waals surface area contributed by atoms with Crippen molar-refractivity contribution in [2.45, 2.75) is 21.5 Å². The summed E-state index contributed by atoms with van der Waals surface area (Å²) in [6.07, 6.45) is 21.7. The monoisotopic (exact) mass is 538 g/mol. The Morgan fingerprint density at radius 3 is 1.62 bits per heavy atom. The van der Waals surface area contributed by atoms with Crippen LogP contribution in [0.1, 0.15) is 12.8 Å². The SMILES string of the molecule is BrC1=CCC(Br)(C=COC=CC2(Br)C=CC(Br)=CC2)C=C1. The molecule has 0 bridgehead atoms. The minimum Gasteiger partial charge on any atom is -0.473 e. The quantitative estimate of drug-likeness (QED) is 0.282. The summed E-state index contributed by atoms with van der Waals surface area (Å²) in [4.78, 5) is 0.